The molecule has 1 saturated carbocycles. The molecule has 0 aromatic rings. The Morgan fingerprint density at radius 2 is 2.14 bits per heavy atom. The summed E-state index contributed by atoms with van der Waals surface area (Å²) in [6, 6.07) is 0. The molecule has 14 heavy (non-hydrogen) atoms. The highest BCUT2D eigenvalue weighted by atomic mass is 16.2. The molecular weight excluding hydrogens is 180 g/mol. The van der Waals surface area contributed by atoms with Crippen molar-refractivity contribution in [2.75, 3.05) is 13.6 Å². The smallest absolute Gasteiger partial charge is 0.239 e. The van der Waals surface area contributed by atoms with Gasteiger partial charge in [-0.3, -0.25) is 14.6 Å². The van der Waals surface area contributed by atoms with Gasteiger partial charge in [-0.2, -0.15) is 0 Å². The van der Waals surface area contributed by atoms with Crippen molar-refractivity contribution in [2.45, 2.75) is 38.1 Å². The molecule has 0 unspecified atom stereocenters. The first-order valence-corrected chi connectivity index (χ1v) is 5.09. The molecule has 0 N–H and O–H groups in total. The van der Waals surface area contributed by atoms with E-state index in [2.05, 4.69) is 0 Å². The Morgan fingerprint density at radius 1 is 1.50 bits per heavy atom. The molecule has 1 amide bonds. The number of hydrogen-bond donors (Lipinski definition) is 0. The summed E-state index contributed by atoms with van der Waals surface area (Å²) in [6.07, 6.45) is 3.97. The van der Waals surface area contributed by atoms with Crippen molar-refractivity contribution in [3.05, 3.63) is 0 Å². The lowest BCUT2D eigenvalue weighted by molar-refractivity contribution is -0.145. The lowest BCUT2D eigenvalue weighted by Crippen LogP contribution is -2.52. The number of hydrazine groups is 1. The Kier molecular flexibility index (Phi) is 2.10. The van der Waals surface area contributed by atoms with Gasteiger partial charge in [0.2, 0.25) is 5.91 Å². The van der Waals surface area contributed by atoms with Crippen LogP contribution in [0.1, 0.15) is 32.6 Å². The molecule has 0 radical (unpaired) electrons. The van der Waals surface area contributed by atoms with E-state index in [1.807, 2.05) is 12.1 Å². The molecular formula is C10H16N2O2. The number of carbonyl (C=O) groups is 2. The van der Waals surface area contributed by atoms with E-state index in [0.717, 1.165) is 12.8 Å². The molecule has 1 aliphatic heterocycles. The van der Waals surface area contributed by atoms with Crippen LogP contribution < -0.4 is 0 Å². The zero-order chi connectivity index (χ0) is 10.3. The Bertz CT molecular complexity index is 284. The van der Waals surface area contributed by atoms with Crippen LogP contribution in [0.5, 0.6) is 0 Å². The van der Waals surface area contributed by atoms with Crippen LogP contribution in [0.3, 0.4) is 0 Å². The average Bonchev–Trinajstić information content (AvgIpc) is 2.27. The van der Waals surface area contributed by atoms with Crippen molar-refractivity contribution in [1.82, 2.24) is 10.0 Å². The molecule has 1 heterocycles. The Balaban J connectivity index is 2.11. The molecule has 2 fully saturated rings. The first kappa shape index (κ1) is 9.65. The van der Waals surface area contributed by atoms with Crippen LogP contribution >= 0.6 is 0 Å². The van der Waals surface area contributed by atoms with Gasteiger partial charge in [0.1, 0.15) is 0 Å². The van der Waals surface area contributed by atoms with Gasteiger partial charge in [0.05, 0.1) is 6.54 Å². The molecule has 4 nitrogen and oxygen atoms in total. The molecule has 1 spiro atoms. The maximum atomic E-state index is 11.7. The van der Waals surface area contributed by atoms with Crippen LogP contribution in [-0.4, -0.2) is 40.8 Å². The summed E-state index contributed by atoms with van der Waals surface area (Å²) in [5.41, 5.74) is 0.0620. The lowest BCUT2D eigenvalue weighted by atomic mass is 9.75. The van der Waals surface area contributed by atoms with E-state index in [-0.39, 0.29) is 23.8 Å². The predicted molar refractivity (Wildman–Crippen MR) is 51.4 cm³/mol. The van der Waals surface area contributed by atoms with Gasteiger partial charge in [0.25, 0.3) is 0 Å². The number of nitrogens with zero attached hydrogens (tertiary/aromatic N) is 2. The van der Waals surface area contributed by atoms with Crippen molar-refractivity contribution in [3.8, 4) is 0 Å². The highest BCUT2D eigenvalue weighted by Crippen LogP contribution is 2.44. The molecule has 2 rings (SSSR count). The summed E-state index contributed by atoms with van der Waals surface area (Å²) >= 11 is 0. The number of carbonyl (C=O) groups excluding carboxylic acids is 2. The van der Waals surface area contributed by atoms with Crippen LogP contribution in [0, 0.1) is 0 Å². The average molecular weight is 196 g/mol. The monoisotopic (exact) mass is 196 g/mol. The van der Waals surface area contributed by atoms with E-state index in [4.69, 9.17) is 0 Å². The highest BCUT2D eigenvalue weighted by Gasteiger charge is 2.51. The quantitative estimate of drug-likeness (QED) is 0.648. The van der Waals surface area contributed by atoms with Crippen LogP contribution in [0.15, 0.2) is 0 Å². The summed E-state index contributed by atoms with van der Waals surface area (Å²) in [5, 5.41) is 3.59. The Labute approximate surface area is 83.8 Å². The van der Waals surface area contributed by atoms with Gasteiger partial charge in [0.15, 0.2) is 5.78 Å². The molecule has 78 valence electrons. The molecule has 0 bridgehead atoms. The second kappa shape index (κ2) is 3.05. The molecule has 1 aliphatic carbocycles. The normalized spacial score (nSPS) is 25.6. The molecule has 4 heteroatoms. The zero-order valence-corrected chi connectivity index (χ0v) is 8.75. The summed E-state index contributed by atoms with van der Waals surface area (Å²) < 4.78 is 0. The number of hydrogen-bond acceptors (Lipinski definition) is 3. The van der Waals surface area contributed by atoms with Gasteiger partial charge in [-0.1, -0.05) is 0 Å². The number of Topliss-reactive ketones (excluding diaryl/α,β-unsaturated/α-hetero) is 1. The van der Waals surface area contributed by atoms with Gasteiger partial charge < -0.3 is 0 Å². The van der Waals surface area contributed by atoms with E-state index in [9.17, 15) is 9.59 Å². The SMILES string of the molecule is CC(=O)CN1C(=O)CC2(CCC2)N1C. The van der Waals surface area contributed by atoms with E-state index in [0.29, 0.717) is 6.42 Å². The minimum atomic E-state index is 0.0431. The first-order valence-electron chi connectivity index (χ1n) is 5.09. The van der Waals surface area contributed by atoms with Crippen molar-refractivity contribution in [1.29, 1.82) is 0 Å². The van der Waals surface area contributed by atoms with Gasteiger partial charge in [-0.25, -0.2) is 5.01 Å². The second-order valence-electron chi connectivity index (χ2n) is 4.43. The molecule has 0 aromatic carbocycles. The molecule has 0 atom stereocenters. The van der Waals surface area contributed by atoms with E-state index in [1.54, 1.807) is 5.01 Å². The van der Waals surface area contributed by atoms with Gasteiger partial charge >= 0.3 is 0 Å². The highest BCUT2D eigenvalue weighted by molar-refractivity contribution is 5.86. The van der Waals surface area contributed by atoms with Gasteiger partial charge in [0, 0.05) is 19.0 Å². The summed E-state index contributed by atoms with van der Waals surface area (Å²) in [6.45, 7) is 1.75. The fourth-order valence-electron chi connectivity index (χ4n) is 2.40. The third kappa shape index (κ3) is 1.25. The number of rotatable bonds is 2. The van der Waals surface area contributed by atoms with Crippen LogP contribution in [-0.2, 0) is 9.59 Å². The minimum absolute atomic E-state index is 0.0431. The van der Waals surface area contributed by atoms with Crippen molar-refractivity contribution in [2.24, 2.45) is 0 Å². The van der Waals surface area contributed by atoms with Crippen molar-refractivity contribution < 1.29 is 9.59 Å². The maximum absolute atomic E-state index is 11.7. The van der Waals surface area contributed by atoms with Gasteiger partial charge in [-0.15, -0.1) is 0 Å². The van der Waals surface area contributed by atoms with Gasteiger partial charge in [-0.05, 0) is 26.2 Å². The van der Waals surface area contributed by atoms with Crippen molar-refractivity contribution in [3.63, 3.8) is 0 Å². The van der Waals surface area contributed by atoms with Crippen LogP contribution in [0.25, 0.3) is 0 Å². The first-order chi connectivity index (χ1) is 6.55. The Hall–Kier alpha value is -0.900. The second-order valence-corrected chi connectivity index (χ2v) is 4.43. The fraction of sp³-hybridized carbons (Fsp3) is 0.800. The van der Waals surface area contributed by atoms with Crippen LogP contribution in [0.4, 0.5) is 0 Å². The third-order valence-corrected chi connectivity index (χ3v) is 3.47. The largest absolute Gasteiger partial charge is 0.298 e. The summed E-state index contributed by atoms with van der Waals surface area (Å²) in [4.78, 5) is 22.6. The standard InChI is InChI=1S/C10H16N2O2/c1-8(13)7-12-9(14)6-10(11(12)2)4-3-5-10/h3-7H2,1-2H3. The zero-order valence-electron chi connectivity index (χ0n) is 8.75. The minimum Gasteiger partial charge on any atom is -0.298 e. The van der Waals surface area contributed by atoms with Crippen molar-refractivity contribution >= 4 is 11.7 Å². The summed E-state index contributed by atoms with van der Waals surface area (Å²) in [5.74, 6) is 0.143. The number of ketones is 1. The Morgan fingerprint density at radius 3 is 2.50 bits per heavy atom. The van der Waals surface area contributed by atoms with E-state index in [1.165, 1.54) is 13.3 Å². The number of amides is 1. The summed E-state index contributed by atoms with van der Waals surface area (Å²) in [7, 11) is 1.92. The molecule has 0 aromatic heterocycles. The lowest BCUT2D eigenvalue weighted by Gasteiger charge is -2.44. The maximum Gasteiger partial charge on any atom is 0.239 e. The molecule has 2 aliphatic rings. The van der Waals surface area contributed by atoms with E-state index < -0.39 is 0 Å². The fourth-order valence-corrected chi connectivity index (χ4v) is 2.40. The van der Waals surface area contributed by atoms with E-state index >= 15 is 0 Å². The van der Waals surface area contributed by atoms with Crippen LogP contribution in [0.2, 0.25) is 0 Å². The third-order valence-electron chi connectivity index (χ3n) is 3.47. The topological polar surface area (TPSA) is 40.6 Å². The molecule has 1 saturated heterocycles. The predicted octanol–water partition coefficient (Wildman–Crippen LogP) is 0.577.